The normalized spacial score (nSPS) is 11.8. The molecule has 0 amide bonds. The standard InChI is InChI=1S/C15H9F3N6O2S2/c16-15(17,18)26-11-3-1-10(2-4-11)24-14(20-21-22-24)28-8-9-7-12(25)23-5-6-27-13(23)19-9/h1-7H,8H2. The maximum absolute atomic E-state index is 12.3. The number of thiazole rings is 1. The molecule has 0 bridgehead atoms. The summed E-state index contributed by atoms with van der Waals surface area (Å²) in [5, 5.41) is 13.5. The average Bonchev–Trinajstić information content (AvgIpc) is 3.28. The molecule has 0 aliphatic carbocycles. The Morgan fingerprint density at radius 1 is 1.21 bits per heavy atom. The van der Waals surface area contributed by atoms with Crippen LogP contribution in [0.25, 0.3) is 10.6 Å². The molecule has 0 radical (unpaired) electrons. The van der Waals surface area contributed by atoms with Crippen LogP contribution in [0.4, 0.5) is 13.2 Å². The molecule has 0 fully saturated rings. The molecule has 13 heteroatoms. The Labute approximate surface area is 162 Å². The lowest BCUT2D eigenvalue weighted by atomic mass is 10.3. The lowest BCUT2D eigenvalue weighted by Crippen LogP contribution is -2.17. The fraction of sp³-hybridized carbons (Fsp3) is 0.133. The van der Waals surface area contributed by atoms with Crippen molar-refractivity contribution in [1.82, 2.24) is 29.6 Å². The third kappa shape index (κ3) is 3.99. The van der Waals surface area contributed by atoms with Gasteiger partial charge in [-0.1, -0.05) is 11.8 Å². The van der Waals surface area contributed by atoms with E-state index in [1.54, 1.807) is 11.6 Å². The Morgan fingerprint density at radius 3 is 2.75 bits per heavy atom. The van der Waals surface area contributed by atoms with E-state index in [0.29, 0.717) is 27.3 Å². The first-order valence-electron chi connectivity index (χ1n) is 7.62. The second-order valence-electron chi connectivity index (χ2n) is 5.34. The molecule has 0 N–H and O–H groups in total. The van der Waals surface area contributed by atoms with E-state index in [2.05, 4.69) is 25.2 Å². The SMILES string of the molecule is O=c1cc(CSc2nnnn2-c2ccc(OC(F)(F)F)cc2)nc2sccn12. The van der Waals surface area contributed by atoms with Crippen LogP contribution in [0, 0.1) is 0 Å². The molecule has 3 aromatic heterocycles. The minimum atomic E-state index is -4.76. The molecule has 0 saturated carbocycles. The second kappa shape index (κ2) is 7.24. The largest absolute Gasteiger partial charge is 0.573 e. The van der Waals surface area contributed by atoms with Gasteiger partial charge in [-0.25, -0.2) is 4.98 Å². The summed E-state index contributed by atoms with van der Waals surface area (Å²) in [5.74, 6) is 0.00619. The van der Waals surface area contributed by atoms with Crippen LogP contribution in [0.5, 0.6) is 5.75 Å². The van der Waals surface area contributed by atoms with E-state index in [1.807, 2.05) is 0 Å². The molecule has 0 atom stereocenters. The average molecular weight is 426 g/mol. The number of aromatic nitrogens is 6. The highest BCUT2D eigenvalue weighted by Gasteiger charge is 2.31. The number of fused-ring (bicyclic) bond motifs is 1. The van der Waals surface area contributed by atoms with Crippen LogP contribution in [0.2, 0.25) is 0 Å². The van der Waals surface area contributed by atoms with Gasteiger partial charge in [-0.2, -0.15) is 4.68 Å². The molecule has 4 aromatic rings. The van der Waals surface area contributed by atoms with Gasteiger partial charge in [0.25, 0.3) is 5.56 Å². The number of alkyl halides is 3. The van der Waals surface area contributed by atoms with Crippen molar-refractivity contribution in [3.63, 3.8) is 0 Å². The Balaban J connectivity index is 1.51. The van der Waals surface area contributed by atoms with Gasteiger partial charge < -0.3 is 4.74 Å². The van der Waals surface area contributed by atoms with Gasteiger partial charge in [0, 0.05) is 23.4 Å². The van der Waals surface area contributed by atoms with E-state index in [1.165, 1.54) is 62.5 Å². The van der Waals surface area contributed by atoms with Gasteiger partial charge in [0.1, 0.15) is 5.75 Å². The lowest BCUT2D eigenvalue weighted by molar-refractivity contribution is -0.274. The third-order valence-electron chi connectivity index (χ3n) is 3.46. The van der Waals surface area contributed by atoms with Crippen LogP contribution in [0.3, 0.4) is 0 Å². The minimum absolute atomic E-state index is 0.179. The Hall–Kier alpha value is -2.93. The fourth-order valence-electron chi connectivity index (χ4n) is 2.32. The van der Waals surface area contributed by atoms with Crippen molar-refractivity contribution in [1.29, 1.82) is 0 Å². The monoisotopic (exact) mass is 426 g/mol. The molecular formula is C15H9F3N6O2S2. The number of rotatable bonds is 5. The molecule has 144 valence electrons. The number of nitrogens with zero attached hydrogens (tertiary/aromatic N) is 6. The van der Waals surface area contributed by atoms with Gasteiger partial charge in [0.15, 0.2) is 4.96 Å². The molecule has 0 aliphatic heterocycles. The number of tetrazole rings is 1. The number of halogens is 3. The van der Waals surface area contributed by atoms with E-state index in [4.69, 9.17) is 0 Å². The zero-order chi connectivity index (χ0) is 19.7. The highest BCUT2D eigenvalue weighted by atomic mass is 32.2. The fourth-order valence-corrected chi connectivity index (χ4v) is 3.84. The quantitative estimate of drug-likeness (QED) is 0.454. The van der Waals surface area contributed by atoms with Gasteiger partial charge in [-0.05, 0) is 34.7 Å². The van der Waals surface area contributed by atoms with E-state index < -0.39 is 6.36 Å². The van der Waals surface area contributed by atoms with Gasteiger partial charge in [-0.3, -0.25) is 9.20 Å². The van der Waals surface area contributed by atoms with Crippen molar-refractivity contribution in [3.05, 3.63) is 58.0 Å². The van der Waals surface area contributed by atoms with Crippen LogP contribution in [0.1, 0.15) is 5.69 Å². The van der Waals surface area contributed by atoms with Crippen LogP contribution in [0.15, 0.2) is 51.9 Å². The van der Waals surface area contributed by atoms with Crippen molar-refractivity contribution in [2.45, 2.75) is 17.3 Å². The predicted molar refractivity (Wildman–Crippen MR) is 94.7 cm³/mol. The minimum Gasteiger partial charge on any atom is -0.406 e. The zero-order valence-electron chi connectivity index (χ0n) is 13.7. The third-order valence-corrected chi connectivity index (χ3v) is 5.17. The smallest absolute Gasteiger partial charge is 0.406 e. The van der Waals surface area contributed by atoms with Gasteiger partial charge >= 0.3 is 6.36 Å². The first-order chi connectivity index (χ1) is 13.4. The molecule has 0 unspecified atom stereocenters. The number of benzene rings is 1. The van der Waals surface area contributed by atoms with E-state index in [9.17, 15) is 18.0 Å². The maximum Gasteiger partial charge on any atom is 0.573 e. The van der Waals surface area contributed by atoms with Gasteiger partial charge in [0.05, 0.1) is 11.4 Å². The molecule has 0 saturated heterocycles. The van der Waals surface area contributed by atoms with Crippen LogP contribution >= 0.6 is 23.1 Å². The molecule has 3 heterocycles. The lowest BCUT2D eigenvalue weighted by Gasteiger charge is -2.09. The van der Waals surface area contributed by atoms with E-state index in [-0.39, 0.29) is 11.3 Å². The second-order valence-corrected chi connectivity index (χ2v) is 7.16. The topological polar surface area (TPSA) is 87.2 Å². The highest BCUT2D eigenvalue weighted by molar-refractivity contribution is 7.98. The number of ether oxygens (including phenoxy) is 1. The summed E-state index contributed by atoms with van der Waals surface area (Å²) in [4.78, 5) is 17.0. The van der Waals surface area contributed by atoms with Crippen molar-refractivity contribution in [2.75, 3.05) is 0 Å². The van der Waals surface area contributed by atoms with Gasteiger partial charge in [0.2, 0.25) is 5.16 Å². The van der Waals surface area contributed by atoms with Crippen LogP contribution in [-0.4, -0.2) is 36.0 Å². The summed E-state index contributed by atoms with van der Waals surface area (Å²) in [6.07, 6.45) is -3.11. The molecule has 28 heavy (non-hydrogen) atoms. The predicted octanol–water partition coefficient (Wildman–Crippen LogP) is 2.92. The molecule has 0 aliphatic rings. The number of thioether (sulfide) groups is 1. The van der Waals surface area contributed by atoms with Gasteiger partial charge in [-0.15, -0.1) is 29.6 Å². The molecular weight excluding hydrogens is 417 g/mol. The molecule has 8 nitrogen and oxygen atoms in total. The van der Waals surface area contributed by atoms with Crippen molar-refractivity contribution in [2.24, 2.45) is 0 Å². The summed E-state index contributed by atoms with van der Waals surface area (Å²) < 4.78 is 43.4. The number of hydrogen-bond donors (Lipinski definition) is 0. The first kappa shape index (κ1) is 18.4. The Kier molecular flexibility index (Phi) is 4.77. The summed E-state index contributed by atoms with van der Waals surface area (Å²) >= 11 is 2.59. The van der Waals surface area contributed by atoms with Crippen LogP contribution < -0.4 is 10.3 Å². The first-order valence-corrected chi connectivity index (χ1v) is 9.49. The maximum atomic E-state index is 12.3. The zero-order valence-corrected chi connectivity index (χ0v) is 15.3. The summed E-state index contributed by atoms with van der Waals surface area (Å²) in [6, 6.07) is 6.59. The number of hydrogen-bond acceptors (Lipinski definition) is 8. The van der Waals surface area contributed by atoms with Crippen molar-refractivity contribution < 1.29 is 17.9 Å². The summed E-state index contributed by atoms with van der Waals surface area (Å²) in [7, 11) is 0. The summed E-state index contributed by atoms with van der Waals surface area (Å²) in [6.45, 7) is 0. The molecule has 1 aromatic carbocycles. The van der Waals surface area contributed by atoms with Crippen molar-refractivity contribution in [3.8, 4) is 11.4 Å². The van der Waals surface area contributed by atoms with Crippen molar-refractivity contribution >= 4 is 28.1 Å². The Morgan fingerprint density at radius 2 is 2.00 bits per heavy atom. The molecule has 0 spiro atoms. The molecule has 4 rings (SSSR count). The Bertz CT molecular complexity index is 1170. The van der Waals surface area contributed by atoms with E-state index in [0.717, 1.165) is 0 Å². The van der Waals surface area contributed by atoms with Crippen LogP contribution in [-0.2, 0) is 5.75 Å². The van der Waals surface area contributed by atoms with E-state index >= 15 is 0 Å². The highest BCUT2D eigenvalue weighted by Crippen LogP contribution is 2.26. The summed E-state index contributed by atoms with van der Waals surface area (Å²) in [5.41, 5.74) is 0.853.